The Hall–Kier alpha value is -2.69. The molecule has 2 saturated heterocycles. The number of amides is 3. The summed E-state index contributed by atoms with van der Waals surface area (Å²) in [5.41, 5.74) is 16.8. The third-order valence-electron chi connectivity index (χ3n) is 6.25. The zero-order valence-electron chi connectivity index (χ0n) is 20.0. The van der Waals surface area contributed by atoms with Crippen LogP contribution in [0.1, 0.15) is 31.2 Å². The van der Waals surface area contributed by atoms with E-state index in [4.69, 9.17) is 21.9 Å². The third kappa shape index (κ3) is 11.4. The molecule has 10 nitrogen and oxygen atoms in total. The number of benzene rings is 1. The number of nitrogens with zero attached hydrogens (tertiary/aromatic N) is 2. The second-order valence-corrected chi connectivity index (χ2v) is 9.05. The molecule has 0 unspecified atom stereocenters. The predicted molar refractivity (Wildman–Crippen MR) is 130 cm³/mol. The summed E-state index contributed by atoms with van der Waals surface area (Å²) in [6, 6.07) is 9.59. The lowest BCUT2D eigenvalue weighted by atomic mass is 9.97. The molecule has 0 saturated carbocycles. The van der Waals surface area contributed by atoms with Crippen LogP contribution in [0.15, 0.2) is 30.3 Å². The summed E-state index contributed by atoms with van der Waals surface area (Å²) >= 11 is 0. The van der Waals surface area contributed by atoms with Crippen molar-refractivity contribution in [2.75, 3.05) is 52.4 Å². The first-order valence-corrected chi connectivity index (χ1v) is 12.0. The van der Waals surface area contributed by atoms with Crippen molar-refractivity contribution in [1.29, 1.82) is 0 Å². The number of carbonyl (C=O) groups excluding carboxylic acids is 3. The van der Waals surface area contributed by atoms with Gasteiger partial charge in [0.15, 0.2) is 0 Å². The number of hydrogen-bond donors (Lipinski definition) is 4. The summed E-state index contributed by atoms with van der Waals surface area (Å²) in [6.45, 7) is 5.99. The molecule has 10 heteroatoms. The number of hydrogen-bond acceptors (Lipinski definition) is 7. The Bertz CT molecular complexity index is 747. The van der Waals surface area contributed by atoms with E-state index in [0.717, 1.165) is 64.0 Å². The maximum atomic E-state index is 11.7. The Balaban J connectivity index is 0.000000287. The minimum Gasteiger partial charge on any atom is -0.445 e. The van der Waals surface area contributed by atoms with Gasteiger partial charge in [-0.25, -0.2) is 4.79 Å². The zero-order valence-corrected chi connectivity index (χ0v) is 20.0. The Morgan fingerprint density at radius 2 is 1.35 bits per heavy atom. The van der Waals surface area contributed by atoms with E-state index in [1.54, 1.807) is 0 Å². The zero-order chi connectivity index (χ0) is 24.8. The van der Waals surface area contributed by atoms with Crippen LogP contribution >= 0.6 is 0 Å². The maximum Gasteiger partial charge on any atom is 0.407 e. The van der Waals surface area contributed by atoms with Gasteiger partial charge in [-0.15, -0.1) is 0 Å². The van der Waals surface area contributed by atoms with E-state index in [9.17, 15) is 14.4 Å². The lowest BCUT2D eigenvalue weighted by Crippen LogP contribution is -2.42. The van der Waals surface area contributed by atoms with E-state index in [-0.39, 0.29) is 24.5 Å². The van der Waals surface area contributed by atoms with E-state index < -0.39 is 0 Å². The number of primary amides is 2. The fourth-order valence-corrected chi connectivity index (χ4v) is 4.17. The van der Waals surface area contributed by atoms with Gasteiger partial charge in [0.05, 0.1) is 13.1 Å². The van der Waals surface area contributed by atoms with Crippen LogP contribution in [0, 0.1) is 11.8 Å². The molecular weight excluding hydrogens is 436 g/mol. The van der Waals surface area contributed by atoms with Crippen molar-refractivity contribution >= 4 is 17.9 Å². The van der Waals surface area contributed by atoms with Crippen LogP contribution in [0.4, 0.5) is 4.79 Å². The number of piperidine rings is 2. The summed E-state index contributed by atoms with van der Waals surface area (Å²) in [7, 11) is 0. The van der Waals surface area contributed by atoms with E-state index in [0.29, 0.717) is 31.5 Å². The van der Waals surface area contributed by atoms with Crippen molar-refractivity contribution in [2.24, 2.45) is 29.0 Å². The molecule has 7 N–H and O–H groups in total. The minimum absolute atomic E-state index is 0.235. The van der Waals surface area contributed by atoms with Crippen LogP contribution in [0.5, 0.6) is 0 Å². The first-order valence-electron chi connectivity index (χ1n) is 12.0. The van der Waals surface area contributed by atoms with Gasteiger partial charge >= 0.3 is 6.09 Å². The van der Waals surface area contributed by atoms with Crippen molar-refractivity contribution in [3.8, 4) is 0 Å². The minimum atomic E-state index is -0.386. The summed E-state index contributed by atoms with van der Waals surface area (Å²) in [5.74, 6) is 0.546. The van der Waals surface area contributed by atoms with Gasteiger partial charge in [-0.1, -0.05) is 30.3 Å². The fourth-order valence-electron chi connectivity index (χ4n) is 4.17. The van der Waals surface area contributed by atoms with Crippen molar-refractivity contribution in [3.63, 3.8) is 0 Å². The highest BCUT2D eigenvalue weighted by atomic mass is 16.5. The average Bonchev–Trinajstić information content (AvgIpc) is 2.83. The molecule has 2 heterocycles. The van der Waals surface area contributed by atoms with Crippen LogP contribution in [-0.4, -0.2) is 80.1 Å². The molecule has 3 rings (SSSR count). The Morgan fingerprint density at radius 1 is 0.853 bits per heavy atom. The molecule has 2 aliphatic heterocycles. The van der Waals surface area contributed by atoms with Crippen LogP contribution in [-0.2, 0) is 20.9 Å². The van der Waals surface area contributed by atoms with Crippen LogP contribution in [0.25, 0.3) is 0 Å². The van der Waals surface area contributed by atoms with Crippen LogP contribution in [0.2, 0.25) is 0 Å². The molecule has 2 fully saturated rings. The summed E-state index contributed by atoms with van der Waals surface area (Å²) in [5, 5.41) is 2.81. The second kappa shape index (κ2) is 15.3. The molecule has 0 aromatic heterocycles. The summed E-state index contributed by atoms with van der Waals surface area (Å²) < 4.78 is 5.17. The number of nitrogens with two attached hydrogens (primary N) is 3. The van der Waals surface area contributed by atoms with Gasteiger partial charge in [-0.05, 0) is 75.8 Å². The fraction of sp³-hybridized carbons (Fsp3) is 0.625. The normalized spacial score (nSPS) is 17.9. The number of carbonyl (C=O) groups is 3. The van der Waals surface area contributed by atoms with Gasteiger partial charge < -0.3 is 27.3 Å². The number of likely N-dealkylation sites (tertiary alicyclic amines) is 2. The largest absolute Gasteiger partial charge is 0.445 e. The highest BCUT2D eigenvalue weighted by Crippen LogP contribution is 2.16. The molecular formula is C24H40N6O4. The number of rotatable bonds is 9. The molecule has 0 bridgehead atoms. The van der Waals surface area contributed by atoms with Gasteiger partial charge in [-0.2, -0.15) is 0 Å². The Kier molecular flexibility index (Phi) is 12.4. The van der Waals surface area contributed by atoms with Gasteiger partial charge in [-0.3, -0.25) is 19.4 Å². The quantitative estimate of drug-likeness (QED) is 0.398. The molecule has 3 amide bonds. The Labute approximate surface area is 202 Å². The van der Waals surface area contributed by atoms with Gasteiger partial charge in [0.1, 0.15) is 6.61 Å². The molecule has 190 valence electrons. The Morgan fingerprint density at radius 3 is 1.82 bits per heavy atom. The standard InChI is InChI=1S/C16H23N3O3.C8H17N3O/c17-15(20)11-19-8-6-13(7-9-19)10-18-16(21)22-12-14-4-2-1-3-5-14;9-5-7-1-3-11(4-2-7)6-8(10)12/h1-5,13H,6-12H2,(H2,17,20)(H,18,21);7H,1-6,9H2,(H2,10,12). The van der Waals surface area contributed by atoms with Gasteiger partial charge in [0.2, 0.25) is 11.8 Å². The number of alkyl carbamates (subject to hydrolysis) is 1. The van der Waals surface area contributed by atoms with Crippen molar-refractivity contribution in [2.45, 2.75) is 32.3 Å². The SMILES string of the molecule is NC(=O)CN1CCC(CNC(=O)OCc2ccccc2)CC1.NCC1CCN(CC(N)=O)CC1. The maximum absolute atomic E-state index is 11.7. The first kappa shape index (κ1) is 27.6. The lowest BCUT2D eigenvalue weighted by molar-refractivity contribution is -0.120. The second-order valence-electron chi connectivity index (χ2n) is 9.05. The monoisotopic (exact) mass is 476 g/mol. The van der Waals surface area contributed by atoms with E-state index in [1.165, 1.54) is 0 Å². The predicted octanol–water partition coefficient (Wildman–Crippen LogP) is 0.253. The van der Waals surface area contributed by atoms with E-state index in [2.05, 4.69) is 10.2 Å². The molecule has 1 aromatic carbocycles. The molecule has 34 heavy (non-hydrogen) atoms. The third-order valence-corrected chi connectivity index (χ3v) is 6.25. The topological polar surface area (TPSA) is 157 Å². The molecule has 0 atom stereocenters. The van der Waals surface area contributed by atoms with E-state index in [1.807, 2.05) is 35.2 Å². The molecule has 0 radical (unpaired) electrons. The van der Waals surface area contributed by atoms with Crippen LogP contribution in [0.3, 0.4) is 0 Å². The smallest absolute Gasteiger partial charge is 0.407 e. The van der Waals surface area contributed by atoms with E-state index >= 15 is 0 Å². The molecule has 1 aromatic rings. The molecule has 2 aliphatic rings. The highest BCUT2D eigenvalue weighted by molar-refractivity contribution is 5.76. The first-order chi connectivity index (χ1) is 16.4. The lowest BCUT2D eigenvalue weighted by Gasteiger charge is -2.30. The molecule has 0 aliphatic carbocycles. The average molecular weight is 477 g/mol. The summed E-state index contributed by atoms with van der Waals surface area (Å²) in [4.78, 5) is 37.2. The van der Waals surface area contributed by atoms with Crippen molar-refractivity contribution in [1.82, 2.24) is 15.1 Å². The number of ether oxygens (including phenoxy) is 1. The van der Waals surface area contributed by atoms with Gasteiger partial charge in [0, 0.05) is 6.54 Å². The van der Waals surface area contributed by atoms with Crippen LogP contribution < -0.4 is 22.5 Å². The summed E-state index contributed by atoms with van der Waals surface area (Å²) in [6.07, 6.45) is 3.72. The van der Waals surface area contributed by atoms with Crippen molar-refractivity contribution < 1.29 is 19.1 Å². The molecule has 0 spiro atoms. The highest BCUT2D eigenvalue weighted by Gasteiger charge is 2.21. The van der Waals surface area contributed by atoms with Gasteiger partial charge in [0.25, 0.3) is 0 Å². The number of nitrogens with one attached hydrogen (secondary N) is 1. The van der Waals surface area contributed by atoms with Crippen molar-refractivity contribution in [3.05, 3.63) is 35.9 Å².